The molecule has 1 atom stereocenters. The second kappa shape index (κ2) is 6.57. The van der Waals surface area contributed by atoms with Crippen LogP contribution in [0.2, 0.25) is 0 Å². The van der Waals surface area contributed by atoms with Crippen LogP contribution in [0.15, 0.2) is 12.3 Å². The molecular weight excluding hydrogens is 261 g/mol. The molecule has 2 rings (SSSR count). The van der Waals surface area contributed by atoms with E-state index in [1.54, 1.807) is 6.07 Å². The maximum Gasteiger partial charge on any atom is 0.141 e. The van der Waals surface area contributed by atoms with E-state index in [1.807, 2.05) is 18.8 Å². The Morgan fingerprint density at radius 3 is 2.95 bits per heavy atom. The van der Waals surface area contributed by atoms with Crippen molar-refractivity contribution in [2.75, 3.05) is 24.0 Å². The molecule has 1 fully saturated rings. The maximum atomic E-state index is 13.4. The summed E-state index contributed by atoms with van der Waals surface area (Å²) in [6.45, 7) is 2.86. The van der Waals surface area contributed by atoms with Crippen molar-refractivity contribution in [2.24, 2.45) is 0 Å². The van der Waals surface area contributed by atoms with Crippen molar-refractivity contribution < 1.29 is 4.39 Å². The molecule has 106 valence electrons. The van der Waals surface area contributed by atoms with Crippen LogP contribution in [0.1, 0.15) is 25.3 Å². The van der Waals surface area contributed by atoms with Gasteiger partial charge in [0.25, 0.3) is 0 Å². The predicted octanol–water partition coefficient (Wildman–Crippen LogP) is 2.66. The zero-order chi connectivity index (χ0) is 13.8. The van der Waals surface area contributed by atoms with Crippen molar-refractivity contribution >= 4 is 17.6 Å². The van der Waals surface area contributed by atoms with E-state index in [0.717, 1.165) is 17.1 Å². The van der Waals surface area contributed by atoms with Crippen molar-refractivity contribution in [3.8, 4) is 0 Å². The van der Waals surface area contributed by atoms with E-state index in [2.05, 4.69) is 28.4 Å². The fourth-order valence-electron chi connectivity index (χ4n) is 2.03. The Balaban J connectivity index is 2.11. The number of aromatic nitrogens is 1. The largest absolute Gasteiger partial charge is 0.356 e. The molecule has 5 heteroatoms. The van der Waals surface area contributed by atoms with Gasteiger partial charge in [-0.2, -0.15) is 11.8 Å². The van der Waals surface area contributed by atoms with Crippen LogP contribution in [0.5, 0.6) is 0 Å². The van der Waals surface area contributed by atoms with Crippen molar-refractivity contribution in [1.82, 2.24) is 10.3 Å². The molecule has 1 aliphatic rings. The second-order valence-corrected chi connectivity index (χ2v) is 6.12. The normalized spacial score (nSPS) is 16.4. The zero-order valence-corrected chi connectivity index (χ0v) is 12.6. The molecule has 1 N–H and O–H groups in total. The lowest BCUT2D eigenvalue weighted by molar-refractivity contribution is 0.608. The predicted molar refractivity (Wildman–Crippen MR) is 80.3 cm³/mol. The molecule has 0 saturated heterocycles. The maximum absolute atomic E-state index is 13.4. The standard InChI is InChI=1S/C14H22FN3S/c1-10(9-19-3)18(2)14-11(6-12(15)8-17-14)7-16-13-4-5-13/h6,8,10,13,16H,4-5,7,9H2,1-3H3. The summed E-state index contributed by atoms with van der Waals surface area (Å²) in [5.41, 5.74) is 0.947. The minimum absolute atomic E-state index is 0.262. The van der Waals surface area contributed by atoms with Gasteiger partial charge in [0, 0.05) is 37.0 Å². The summed E-state index contributed by atoms with van der Waals surface area (Å²) in [4.78, 5) is 6.42. The number of anilines is 1. The molecule has 1 unspecified atom stereocenters. The Hall–Kier alpha value is -0.810. The third-order valence-electron chi connectivity index (χ3n) is 3.47. The monoisotopic (exact) mass is 283 g/mol. The van der Waals surface area contributed by atoms with E-state index in [-0.39, 0.29) is 5.82 Å². The molecule has 1 heterocycles. The van der Waals surface area contributed by atoms with Crippen molar-refractivity contribution in [1.29, 1.82) is 0 Å². The number of hydrogen-bond donors (Lipinski definition) is 1. The highest BCUT2D eigenvalue weighted by molar-refractivity contribution is 7.98. The molecule has 0 aromatic carbocycles. The Morgan fingerprint density at radius 2 is 2.32 bits per heavy atom. The van der Waals surface area contributed by atoms with E-state index < -0.39 is 0 Å². The molecular formula is C14H22FN3S. The lowest BCUT2D eigenvalue weighted by Crippen LogP contribution is -2.33. The number of hydrogen-bond acceptors (Lipinski definition) is 4. The Bertz CT molecular complexity index is 423. The molecule has 0 radical (unpaired) electrons. The van der Waals surface area contributed by atoms with Crippen LogP contribution >= 0.6 is 11.8 Å². The Kier molecular flexibility index (Phi) is 5.05. The fraction of sp³-hybridized carbons (Fsp3) is 0.643. The average molecular weight is 283 g/mol. The third-order valence-corrected chi connectivity index (χ3v) is 4.29. The van der Waals surface area contributed by atoms with Gasteiger partial charge >= 0.3 is 0 Å². The van der Waals surface area contributed by atoms with E-state index in [0.29, 0.717) is 18.6 Å². The summed E-state index contributed by atoms with van der Waals surface area (Å²) in [7, 11) is 2.03. The second-order valence-electron chi connectivity index (χ2n) is 5.21. The van der Waals surface area contributed by atoms with E-state index in [1.165, 1.54) is 19.0 Å². The van der Waals surface area contributed by atoms with Gasteiger partial charge in [-0.05, 0) is 32.1 Å². The average Bonchev–Trinajstić information content (AvgIpc) is 3.20. The zero-order valence-electron chi connectivity index (χ0n) is 11.8. The van der Waals surface area contributed by atoms with Gasteiger partial charge in [0.1, 0.15) is 11.6 Å². The summed E-state index contributed by atoms with van der Waals surface area (Å²) in [6.07, 6.45) is 5.86. The van der Waals surface area contributed by atoms with Crippen LogP contribution in [0.4, 0.5) is 10.2 Å². The topological polar surface area (TPSA) is 28.2 Å². The smallest absolute Gasteiger partial charge is 0.141 e. The van der Waals surface area contributed by atoms with Crippen molar-refractivity contribution in [3.05, 3.63) is 23.6 Å². The van der Waals surface area contributed by atoms with Gasteiger partial charge in [0.05, 0.1) is 6.20 Å². The number of nitrogens with one attached hydrogen (secondary N) is 1. The molecule has 1 aromatic heterocycles. The minimum Gasteiger partial charge on any atom is -0.356 e. The summed E-state index contributed by atoms with van der Waals surface area (Å²) >= 11 is 1.81. The molecule has 1 saturated carbocycles. The number of thioether (sulfide) groups is 1. The van der Waals surface area contributed by atoms with Gasteiger partial charge in [-0.25, -0.2) is 9.37 Å². The van der Waals surface area contributed by atoms with E-state index >= 15 is 0 Å². The summed E-state index contributed by atoms with van der Waals surface area (Å²) in [6, 6.07) is 2.60. The number of pyridine rings is 1. The minimum atomic E-state index is -0.262. The number of rotatable bonds is 7. The van der Waals surface area contributed by atoms with Crippen LogP contribution in [0.25, 0.3) is 0 Å². The lowest BCUT2D eigenvalue weighted by Gasteiger charge is -2.27. The first-order chi connectivity index (χ1) is 9.11. The van der Waals surface area contributed by atoms with Crippen molar-refractivity contribution in [3.63, 3.8) is 0 Å². The molecule has 1 aromatic rings. The van der Waals surface area contributed by atoms with Gasteiger partial charge in [0.15, 0.2) is 0 Å². The molecule has 0 amide bonds. The van der Waals surface area contributed by atoms with Gasteiger partial charge in [-0.3, -0.25) is 0 Å². The molecule has 19 heavy (non-hydrogen) atoms. The summed E-state index contributed by atoms with van der Waals surface area (Å²) in [5, 5.41) is 3.43. The summed E-state index contributed by atoms with van der Waals surface area (Å²) in [5.74, 6) is 1.66. The van der Waals surface area contributed by atoms with Crippen LogP contribution in [0, 0.1) is 5.82 Å². The van der Waals surface area contributed by atoms with E-state index in [9.17, 15) is 4.39 Å². The van der Waals surface area contributed by atoms with Gasteiger partial charge in [0.2, 0.25) is 0 Å². The SMILES string of the molecule is CSCC(C)N(C)c1ncc(F)cc1CNC1CC1. The lowest BCUT2D eigenvalue weighted by atomic mass is 10.2. The van der Waals surface area contributed by atoms with Crippen LogP contribution in [-0.2, 0) is 6.54 Å². The molecule has 0 bridgehead atoms. The highest BCUT2D eigenvalue weighted by Crippen LogP contribution is 2.23. The fourth-order valence-corrected chi connectivity index (χ4v) is 2.73. The molecule has 0 spiro atoms. The van der Waals surface area contributed by atoms with E-state index in [4.69, 9.17) is 0 Å². The third kappa shape index (κ3) is 4.08. The molecule has 1 aliphatic carbocycles. The van der Waals surface area contributed by atoms with Gasteiger partial charge in [-0.15, -0.1) is 0 Å². The molecule has 3 nitrogen and oxygen atoms in total. The van der Waals surface area contributed by atoms with Crippen LogP contribution in [0.3, 0.4) is 0 Å². The number of nitrogens with zero attached hydrogens (tertiary/aromatic N) is 2. The molecule has 0 aliphatic heterocycles. The highest BCUT2D eigenvalue weighted by Gasteiger charge is 2.22. The first-order valence-electron chi connectivity index (χ1n) is 6.71. The van der Waals surface area contributed by atoms with Gasteiger partial charge in [-0.1, -0.05) is 0 Å². The number of halogens is 1. The van der Waals surface area contributed by atoms with Gasteiger partial charge < -0.3 is 10.2 Å². The first-order valence-corrected chi connectivity index (χ1v) is 8.10. The first kappa shape index (κ1) is 14.6. The Labute approximate surface area is 119 Å². The Morgan fingerprint density at radius 1 is 1.58 bits per heavy atom. The van der Waals surface area contributed by atoms with Crippen molar-refractivity contribution in [2.45, 2.75) is 38.4 Å². The van der Waals surface area contributed by atoms with Crippen LogP contribution < -0.4 is 10.2 Å². The highest BCUT2D eigenvalue weighted by atomic mass is 32.2. The summed E-state index contributed by atoms with van der Waals surface area (Å²) < 4.78 is 13.4. The van der Waals surface area contributed by atoms with Crippen LogP contribution in [-0.4, -0.2) is 36.1 Å². The quantitative estimate of drug-likeness (QED) is 0.833.